The van der Waals surface area contributed by atoms with Crippen LogP contribution in [0.3, 0.4) is 0 Å². The summed E-state index contributed by atoms with van der Waals surface area (Å²) in [6.07, 6.45) is 3.53. The number of hydrogen-bond donors (Lipinski definition) is 1. The molecule has 6 heteroatoms. The number of rotatable bonds is 9. The van der Waals surface area contributed by atoms with Crippen molar-refractivity contribution >= 4 is 5.97 Å². The number of ether oxygens (including phenoxy) is 1. The SMILES string of the molecule is CCCCN1CCc2ccc(OCCc3nc(-c4ccccc4)oc3C)cc2C1C(=O)O. The molecule has 0 fully saturated rings. The molecular weight excluding hydrogens is 404 g/mol. The molecule has 3 aromatic rings. The van der Waals surface area contributed by atoms with Gasteiger partial charge in [-0.25, -0.2) is 4.98 Å². The van der Waals surface area contributed by atoms with Crippen LogP contribution in [-0.2, 0) is 17.6 Å². The quantitative estimate of drug-likeness (QED) is 0.508. The van der Waals surface area contributed by atoms with E-state index < -0.39 is 12.0 Å². The van der Waals surface area contributed by atoms with Crippen molar-refractivity contribution in [3.05, 3.63) is 71.1 Å². The highest BCUT2D eigenvalue weighted by atomic mass is 16.5. The minimum absolute atomic E-state index is 0.442. The number of aryl methyl sites for hydroxylation is 1. The van der Waals surface area contributed by atoms with Gasteiger partial charge in [0.1, 0.15) is 17.6 Å². The van der Waals surface area contributed by atoms with Crippen molar-refractivity contribution in [1.82, 2.24) is 9.88 Å². The van der Waals surface area contributed by atoms with Gasteiger partial charge in [-0.15, -0.1) is 0 Å². The van der Waals surface area contributed by atoms with Gasteiger partial charge in [-0.2, -0.15) is 0 Å². The highest BCUT2D eigenvalue weighted by Crippen LogP contribution is 2.33. The second-order valence-electron chi connectivity index (χ2n) is 8.23. The molecular formula is C26H30N2O4. The summed E-state index contributed by atoms with van der Waals surface area (Å²) in [5, 5.41) is 9.90. The van der Waals surface area contributed by atoms with Crippen LogP contribution in [-0.4, -0.2) is 40.7 Å². The van der Waals surface area contributed by atoms with Crippen LogP contribution in [0, 0.1) is 6.92 Å². The van der Waals surface area contributed by atoms with Gasteiger partial charge in [0, 0.05) is 18.5 Å². The molecule has 6 nitrogen and oxygen atoms in total. The highest BCUT2D eigenvalue weighted by Gasteiger charge is 2.32. The van der Waals surface area contributed by atoms with Crippen molar-refractivity contribution in [2.75, 3.05) is 19.7 Å². The lowest BCUT2D eigenvalue weighted by Gasteiger charge is -2.34. The number of nitrogens with zero attached hydrogens (tertiary/aromatic N) is 2. The number of benzene rings is 2. The fourth-order valence-corrected chi connectivity index (χ4v) is 4.26. The van der Waals surface area contributed by atoms with Gasteiger partial charge < -0.3 is 14.3 Å². The Morgan fingerprint density at radius 1 is 1.25 bits per heavy atom. The minimum Gasteiger partial charge on any atom is -0.493 e. The normalized spacial score (nSPS) is 16.0. The van der Waals surface area contributed by atoms with Crippen LogP contribution in [0.25, 0.3) is 11.5 Å². The summed E-state index contributed by atoms with van der Waals surface area (Å²) in [4.78, 5) is 18.8. The van der Waals surface area contributed by atoms with Crippen molar-refractivity contribution in [1.29, 1.82) is 0 Å². The zero-order chi connectivity index (χ0) is 22.5. The van der Waals surface area contributed by atoms with Crippen molar-refractivity contribution in [3.63, 3.8) is 0 Å². The van der Waals surface area contributed by atoms with E-state index in [-0.39, 0.29) is 0 Å². The average Bonchev–Trinajstić information content (AvgIpc) is 3.18. The zero-order valence-electron chi connectivity index (χ0n) is 18.7. The molecule has 0 radical (unpaired) electrons. The monoisotopic (exact) mass is 434 g/mol. The Bertz CT molecular complexity index is 1060. The maximum atomic E-state index is 12.1. The van der Waals surface area contributed by atoms with E-state index in [1.165, 1.54) is 0 Å². The second-order valence-corrected chi connectivity index (χ2v) is 8.23. The number of hydrogen-bond acceptors (Lipinski definition) is 5. The fourth-order valence-electron chi connectivity index (χ4n) is 4.26. The molecule has 1 aliphatic heterocycles. The summed E-state index contributed by atoms with van der Waals surface area (Å²) < 4.78 is 11.8. The van der Waals surface area contributed by atoms with Gasteiger partial charge >= 0.3 is 5.97 Å². The van der Waals surface area contributed by atoms with Gasteiger partial charge in [-0.3, -0.25) is 9.69 Å². The molecule has 0 bridgehead atoms. The Morgan fingerprint density at radius 3 is 2.81 bits per heavy atom. The average molecular weight is 435 g/mol. The van der Waals surface area contributed by atoms with E-state index in [9.17, 15) is 9.90 Å². The van der Waals surface area contributed by atoms with Crippen molar-refractivity contribution in [2.45, 2.75) is 45.6 Å². The molecule has 2 aromatic carbocycles. The van der Waals surface area contributed by atoms with Gasteiger partial charge in [0.25, 0.3) is 0 Å². The molecule has 1 aliphatic rings. The number of unbranched alkanes of at least 4 members (excludes halogenated alkanes) is 1. The predicted molar refractivity (Wildman–Crippen MR) is 123 cm³/mol. The lowest BCUT2D eigenvalue weighted by atomic mass is 9.92. The van der Waals surface area contributed by atoms with Gasteiger partial charge in [0.15, 0.2) is 0 Å². The molecule has 1 unspecified atom stereocenters. The van der Waals surface area contributed by atoms with E-state index >= 15 is 0 Å². The van der Waals surface area contributed by atoms with Crippen LogP contribution in [0.1, 0.15) is 48.4 Å². The molecule has 32 heavy (non-hydrogen) atoms. The Kier molecular flexibility index (Phi) is 6.90. The van der Waals surface area contributed by atoms with Crippen LogP contribution in [0.4, 0.5) is 0 Å². The first-order valence-corrected chi connectivity index (χ1v) is 11.3. The number of oxazole rings is 1. The molecule has 168 valence electrons. The summed E-state index contributed by atoms with van der Waals surface area (Å²) in [7, 11) is 0. The Hall–Kier alpha value is -3.12. The number of carbonyl (C=O) groups is 1. The number of aliphatic carboxylic acids is 1. The molecule has 1 aromatic heterocycles. The van der Waals surface area contributed by atoms with E-state index in [2.05, 4.69) is 16.8 Å². The van der Waals surface area contributed by atoms with Gasteiger partial charge in [0.2, 0.25) is 5.89 Å². The minimum atomic E-state index is -0.800. The molecule has 2 heterocycles. The first-order chi connectivity index (χ1) is 15.6. The Balaban J connectivity index is 1.44. The van der Waals surface area contributed by atoms with Crippen molar-refractivity contribution in [3.8, 4) is 17.2 Å². The summed E-state index contributed by atoms with van der Waals surface area (Å²) in [6.45, 7) is 6.05. The van der Waals surface area contributed by atoms with E-state index in [1.54, 1.807) is 0 Å². The van der Waals surface area contributed by atoms with Crippen molar-refractivity contribution in [2.24, 2.45) is 0 Å². The molecule has 0 saturated heterocycles. The zero-order valence-corrected chi connectivity index (χ0v) is 18.7. The highest BCUT2D eigenvalue weighted by molar-refractivity contribution is 5.77. The molecule has 1 atom stereocenters. The maximum absolute atomic E-state index is 12.1. The first kappa shape index (κ1) is 22.1. The van der Waals surface area contributed by atoms with Crippen LogP contribution in [0.2, 0.25) is 0 Å². The molecule has 4 rings (SSSR count). The van der Waals surface area contributed by atoms with Gasteiger partial charge in [-0.1, -0.05) is 37.6 Å². The van der Waals surface area contributed by atoms with Crippen LogP contribution < -0.4 is 4.74 Å². The second kappa shape index (κ2) is 10.0. The summed E-state index contributed by atoms with van der Waals surface area (Å²) in [5.74, 6) is 1.29. The smallest absolute Gasteiger partial charge is 0.325 e. The van der Waals surface area contributed by atoms with Crippen LogP contribution in [0.15, 0.2) is 52.9 Å². The number of carboxylic acid groups (broad SMARTS) is 1. The van der Waals surface area contributed by atoms with E-state index in [0.29, 0.717) is 24.7 Å². The largest absolute Gasteiger partial charge is 0.493 e. The lowest BCUT2D eigenvalue weighted by Crippen LogP contribution is -2.40. The van der Waals surface area contributed by atoms with Gasteiger partial charge in [-0.05, 0) is 61.7 Å². The molecule has 0 saturated carbocycles. The predicted octanol–water partition coefficient (Wildman–Crippen LogP) is 5.06. The van der Waals surface area contributed by atoms with E-state index in [0.717, 1.165) is 60.5 Å². The molecule has 0 amide bonds. The summed E-state index contributed by atoms with van der Waals surface area (Å²) in [6, 6.07) is 15.1. The molecule has 1 N–H and O–H groups in total. The molecule has 0 spiro atoms. The fraction of sp³-hybridized carbons (Fsp3) is 0.385. The first-order valence-electron chi connectivity index (χ1n) is 11.3. The maximum Gasteiger partial charge on any atom is 0.325 e. The Labute approximate surface area is 188 Å². The van der Waals surface area contributed by atoms with E-state index in [4.69, 9.17) is 9.15 Å². The van der Waals surface area contributed by atoms with E-state index in [1.807, 2.05) is 55.5 Å². The number of aromatic nitrogens is 1. The lowest BCUT2D eigenvalue weighted by molar-refractivity contribution is -0.144. The van der Waals surface area contributed by atoms with Crippen molar-refractivity contribution < 1.29 is 19.1 Å². The molecule has 0 aliphatic carbocycles. The standard InChI is InChI=1S/C26H30N2O4/c1-3-4-14-28-15-12-19-10-11-21(17-22(19)24(28)26(29)30)31-16-13-23-18(2)32-25(27-23)20-8-6-5-7-9-20/h5-11,17,24H,3-4,12-16H2,1-2H3,(H,29,30). The Morgan fingerprint density at radius 2 is 2.06 bits per heavy atom. The third kappa shape index (κ3) is 4.86. The number of fused-ring (bicyclic) bond motifs is 1. The summed E-state index contributed by atoms with van der Waals surface area (Å²) in [5.41, 5.74) is 3.76. The van der Waals surface area contributed by atoms with Crippen LogP contribution >= 0.6 is 0 Å². The van der Waals surface area contributed by atoms with Crippen LogP contribution in [0.5, 0.6) is 5.75 Å². The number of carboxylic acids is 1. The van der Waals surface area contributed by atoms with Gasteiger partial charge in [0.05, 0.1) is 12.3 Å². The topological polar surface area (TPSA) is 75.8 Å². The third-order valence-corrected chi connectivity index (χ3v) is 6.00. The summed E-state index contributed by atoms with van der Waals surface area (Å²) >= 11 is 0. The third-order valence-electron chi connectivity index (χ3n) is 6.00.